The molecule has 0 atom stereocenters. The third kappa shape index (κ3) is 3.68. The van der Waals surface area contributed by atoms with Crippen LogP contribution in [0.3, 0.4) is 0 Å². The Morgan fingerprint density at radius 2 is 2.05 bits per heavy atom. The van der Waals surface area contributed by atoms with Crippen molar-refractivity contribution in [2.75, 3.05) is 5.32 Å². The van der Waals surface area contributed by atoms with E-state index in [-0.39, 0.29) is 5.69 Å². The monoisotopic (exact) mass is 358 g/mol. The van der Waals surface area contributed by atoms with Gasteiger partial charge in [-0.1, -0.05) is 11.6 Å². The Morgan fingerprint density at radius 3 is 2.65 bits per heavy atom. The molecule has 2 aromatic carbocycles. The highest BCUT2D eigenvalue weighted by Gasteiger charge is 2.11. The van der Waals surface area contributed by atoms with Crippen LogP contribution in [0.25, 0.3) is 0 Å². The molecule has 0 heterocycles. The number of halogens is 3. The molecule has 0 aliphatic rings. The number of nitrogens with one attached hydrogen (secondary N) is 1. The van der Waals surface area contributed by atoms with E-state index in [4.69, 9.17) is 11.6 Å². The van der Waals surface area contributed by atoms with Gasteiger partial charge in [-0.25, -0.2) is 4.39 Å². The van der Waals surface area contributed by atoms with Crippen LogP contribution in [0.15, 0.2) is 40.9 Å². The molecule has 1 N–H and O–H groups in total. The Hall–Kier alpha value is -1.66. The number of nitro benzene ring substituents is 1. The van der Waals surface area contributed by atoms with Gasteiger partial charge in [0.15, 0.2) is 0 Å². The standard InChI is InChI=1S/C13H9BrClFN2O2/c14-12-6-11(1-2-13(12)18(19)20)17-7-8-3-9(15)5-10(16)4-8/h1-6,17H,7H2. The van der Waals surface area contributed by atoms with Crippen molar-refractivity contribution >= 4 is 38.9 Å². The molecule has 0 aliphatic heterocycles. The van der Waals surface area contributed by atoms with Gasteiger partial charge in [0.05, 0.1) is 9.40 Å². The lowest BCUT2D eigenvalue weighted by Gasteiger charge is -2.08. The van der Waals surface area contributed by atoms with E-state index in [1.165, 1.54) is 18.2 Å². The number of benzene rings is 2. The summed E-state index contributed by atoms with van der Waals surface area (Å²) in [5, 5.41) is 14.1. The van der Waals surface area contributed by atoms with Crippen molar-refractivity contribution in [3.63, 3.8) is 0 Å². The fraction of sp³-hybridized carbons (Fsp3) is 0.0769. The molecule has 7 heteroatoms. The normalized spacial score (nSPS) is 10.3. The van der Waals surface area contributed by atoms with Gasteiger partial charge in [-0.2, -0.15) is 0 Å². The van der Waals surface area contributed by atoms with Crippen molar-refractivity contribution in [2.45, 2.75) is 6.54 Å². The molecule has 104 valence electrons. The lowest BCUT2D eigenvalue weighted by molar-refractivity contribution is -0.385. The Morgan fingerprint density at radius 1 is 1.30 bits per heavy atom. The molecule has 0 fully saturated rings. The Kier molecular flexibility index (Phi) is 4.57. The molecule has 2 aromatic rings. The molecular weight excluding hydrogens is 351 g/mol. The van der Waals surface area contributed by atoms with E-state index in [1.54, 1.807) is 18.2 Å². The average molecular weight is 360 g/mol. The van der Waals surface area contributed by atoms with E-state index < -0.39 is 10.7 Å². The summed E-state index contributed by atoms with van der Waals surface area (Å²) in [6.45, 7) is 0.363. The molecule has 0 spiro atoms. The number of nitrogens with zero attached hydrogens (tertiary/aromatic N) is 1. The average Bonchev–Trinajstić information content (AvgIpc) is 2.35. The Labute approximate surface area is 127 Å². The summed E-state index contributed by atoms with van der Waals surface area (Å²) in [5.41, 5.74) is 1.36. The van der Waals surface area contributed by atoms with Crippen LogP contribution in [0.5, 0.6) is 0 Å². The fourth-order valence-electron chi connectivity index (χ4n) is 1.68. The van der Waals surface area contributed by atoms with Crippen LogP contribution in [0.2, 0.25) is 5.02 Å². The topological polar surface area (TPSA) is 55.2 Å². The maximum atomic E-state index is 13.2. The summed E-state index contributed by atoms with van der Waals surface area (Å²) in [5.74, 6) is -0.404. The number of anilines is 1. The molecule has 0 bridgehead atoms. The summed E-state index contributed by atoms with van der Waals surface area (Å²) in [6, 6.07) is 8.83. The lowest BCUT2D eigenvalue weighted by atomic mass is 10.2. The predicted molar refractivity (Wildman–Crippen MR) is 79.5 cm³/mol. The highest BCUT2D eigenvalue weighted by molar-refractivity contribution is 9.10. The van der Waals surface area contributed by atoms with Gasteiger partial charge in [-0.3, -0.25) is 10.1 Å². The Balaban J connectivity index is 2.11. The first-order valence-corrected chi connectivity index (χ1v) is 6.75. The van der Waals surface area contributed by atoms with Crippen LogP contribution in [-0.4, -0.2) is 4.92 Å². The van der Waals surface area contributed by atoms with Gasteiger partial charge in [-0.15, -0.1) is 0 Å². The van der Waals surface area contributed by atoms with Gasteiger partial charge < -0.3 is 5.32 Å². The second kappa shape index (κ2) is 6.19. The van der Waals surface area contributed by atoms with Gasteiger partial charge in [0.1, 0.15) is 5.82 Å². The summed E-state index contributed by atoms with van der Waals surface area (Å²) in [4.78, 5) is 10.2. The number of hydrogen-bond donors (Lipinski definition) is 1. The minimum absolute atomic E-state index is 0.00986. The van der Waals surface area contributed by atoms with E-state index in [0.29, 0.717) is 27.3 Å². The maximum Gasteiger partial charge on any atom is 0.283 e. The van der Waals surface area contributed by atoms with Crippen LogP contribution in [0.1, 0.15) is 5.56 Å². The summed E-state index contributed by atoms with van der Waals surface area (Å²) in [7, 11) is 0. The molecule has 0 amide bonds. The molecular formula is C13H9BrClFN2O2. The minimum atomic E-state index is -0.472. The van der Waals surface area contributed by atoms with Crippen molar-refractivity contribution < 1.29 is 9.31 Å². The quantitative estimate of drug-likeness (QED) is 0.632. The van der Waals surface area contributed by atoms with Crippen LogP contribution < -0.4 is 5.32 Å². The molecule has 4 nitrogen and oxygen atoms in total. The molecule has 20 heavy (non-hydrogen) atoms. The first-order chi connectivity index (χ1) is 9.45. The highest BCUT2D eigenvalue weighted by Crippen LogP contribution is 2.28. The lowest BCUT2D eigenvalue weighted by Crippen LogP contribution is -2.00. The van der Waals surface area contributed by atoms with Gasteiger partial charge in [0.25, 0.3) is 5.69 Å². The zero-order valence-corrected chi connectivity index (χ0v) is 12.4. The van der Waals surface area contributed by atoms with Gasteiger partial charge >= 0.3 is 0 Å². The number of rotatable bonds is 4. The second-order valence-corrected chi connectivity index (χ2v) is 5.35. The molecule has 0 aromatic heterocycles. The maximum absolute atomic E-state index is 13.2. The smallest absolute Gasteiger partial charge is 0.283 e. The van der Waals surface area contributed by atoms with E-state index in [0.717, 1.165) is 0 Å². The fourth-order valence-corrected chi connectivity index (χ4v) is 2.45. The van der Waals surface area contributed by atoms with Crippen molar-refractivity contribution in [2.24, 2.45) is 0 Å². The summed E-state index contributed by atoms with van der Waals surface area (Å²) < 4.78 is 13.5. The van der Waals surface area contributed by atoms with E-state index in [9.17, 15) is 14.5 Å². The molecule has 0 saturated carbocycles. The first-order valence-electron chi connectivity index (χ1n) is 5.58. The van der Waals surface area contributed by atoms with Gasteiger partial charge in [0, 0.05) is 23.3 Å². The van der Waals surface area contributed by atoms with Crippen LogP contribution >= 0.6 is 27.5 Å². The highest BCUT2D eigenvalue weighted by atomic mass is 79.9. The zero-order valence-electron chi connectivity index (χ0n) is 10.1. The van der Waals surface area contributed by atoms with Crippen molar-refractivity contribution in [1.82, 2.24) is 0 Å². The second-order valence-electron chi connectivity index (χ2n) is 4.05. The van der Waals surface area contributed by atoms with Gasteiger partial charge in [0.2, 0.25) is 0 Å². The summed E-state index contributed by atoms with van der Waals surface area (Å²) in [6.07, 6.45) is 0. The third-order valence-corrected chi connectivity index (χ3v) is 3.42. The van der Waals surface area contributed by atoms with Crippen molar-refractivity contribution in [1.29, 1.82) is 0 Å². The van der Waals surface area contributed by atoms with E-state index >= 15 is 0 Å². The predicted octanol–water partition coefficient (Wildman–Crippen LogP) is 4.76. The van der Waals surface area contributed by atoms with Crippen LogP contribution in [0, 0.1) is 15.9 Å². The van der Waals surface area contributed by atoms with E-state index in [2.05, 4.69) is 21.2 Å². The van der Waals surface area contributed by atoms with Crippen LogP contribution in [-0.2, 0) is 6.54 Å². The zero-order chi connectivity index (χ0) is 14.7. The Bertz CT molecular complexity index is 647. The van der Waals surface area contributed by atoms with Crippen molar-refractivity contribution in [3.8, 4) is 0 Å². The molecule has 2 rings (SSSR count). The molecule has 0 aliphatic carbocycles. The third-order valence-electron chi connectivity index (χ3n) is 2.56. The molecule has 0 saturated heterocycles. The number of hydrogen-bond acceptors (Lipinski definition) is 3. The largest absolute Gasteiger partial charge is 0.381 e. The first kappa shape index (κ1) is 14.7. The molecule has 0 unspecified atom stereocenters. The minimum Gasteiger partial charge on any atom is -0.381 e. The van der Waals surface area contributed by atoms with Gasteiger partial charge in [-0.05, 0) is 51.8 Å². The van der Waals surface area contributed by atoms with E-state index in [1.807, 2.05) is 0 Å². The summed E-state index contributed by atoms with van der Waals surface area (Å²) >= 11 is 8.90. The number of nitro groups is 1. The SMILES string of the molecule is O=[N+]([O-])c1ccc(NCc2cc(F)cc(Cl)c2)cc1Br. The van der Waals surface area contributed by atoms with Crippen molar-refractivity contribution in [3.05, 3.63) is 67.4 Å². The van der Waals surface area contributed by atoms with Crippen LogP contribution in [0.4, 0.5) is 15.8 Å². The molecule has 0 radical (unpaired) electrons.